The number of carbonyl (C=O) groups is 1. The molecule has 0 saturated carbocycles. The average molecular weight is 197 g/mol. The number of hydrogen-bond donors (Lipinski definition) is 2. The van der Waals surface area contributed by atoms with Crippen molar-refractivity contribution in [2.24, 2.45) is 5.73 Å². The minimum absolute atomic E-state index is 0.342. The molecule has 0 unspecified atom stereocenters. The Hall–Kier alpha value is -1.49. The molecule has 0 aliphatic carbocycles. The van der Waals surface area contributed by atoms with Gasteiger partial charge in [0.25, 0.3) is 0 Å². The zero-order valence-electron chi connectivity index (χ0n) is 8.04. The molecule has 0 saturated heterocycles. The second-order valence-corrected chi connectivity index (χ2v) is 3.55. The minimum atomic E-state index is -0.964. The van der Waals surface area contributed by atoms with E-state index in [1.165, 1.54) is 18.3 Å². The van der Waals surface area contributed by atoms with Crippen LogP contribution >= 0.6 is 0 Å². The number of amides is 1. The molecular weight excluding hydrogens is 185 g/mol. The van der Waals surface area contributed by atoms with Gasteiger partial charge < -0.3 is 11.1 Å². The van der Waals surface area contributed by atoms with Crippen LogP contribution in [0.5, 0.6) is 0 Å². The maximum atomic E-state index is 12.4. The summed E-state index contributed by atoms with van der Waals surface area (Å²) in [5.74, 6) is -0.930. The van der Waals surface area contributed by atoms with E-state index in [-0.39, 0.29) is 5.91 Å². The molecule has 0 aromatic carbocycles. The highest BCUT2D eigenvalue weighted by Crippen LogP contribution is 2.08. The zero-order valence-corrected chi connectivity index (χ0v) is 8.04. The molecule has 1 aromatic heterocycles. The van der Waals surface area contributed by atoms with Crippen molar-refractivity contribution in [1.29, 1.82) is 0 Å². The lowest BCUT2D eigenvalue weighted by molar-refractivity contribution is -0.120. The van der Waals surface area contributed by atoms with E-state index < -0.39 is 11.5 Å². The van der Waals surface area contributed by atoms with Gasteiger partial charge in [0.2, 0.25) is 11.9 Å². The summed E-state index contributed by atoms with van der Waals surface area (Å²) in [6.45, 7) is 3.17. The molecule has 5 heteroatoms. The van der Waals surface area contributed by atoms with Crippen LogP contribution in [0, 0.1) is 5.95 Å². The first-order valence-electron chi connectivity index (χ1n) is 4.11. The van der Waals surface area contributed by atoms with Gasteiger partial charge in [0.1, 0.15) is 0 Å². The highest BCUT2D eigenvalue weighted by molar-refractivity contribution is 5.97. The van der Waals surface area contributed by atoms with Crippen LogP contribution in [0.2, 0.25) is 0 Å². The van der Waals surface area contributed by atoms with E-state index in [0.29, 0.717) is 5.69 Å². The standard InChI is InChI=1S/C9H12FN3O/c1-9(2,11)8(14)13-6-3-4-7(10)12-5-6/h3-5H,11H2,1-2H3,(H,13,14). The summed E-state index contributed by atoms with van der Waals surface area (Å²) in [4.78, 5) is 14.8. The highest BCUT2D eigenvalue weighted by Gasteiger charge is 2.21. The number of pyridine rings is 1. The monoisotopic (exact) mass is 197 g/mol. The molecule has 0 spiro atoms. The molecule has 0 atom stereocenters. The molecule has 1 aromatic rings. The van der Waals surface area contributed by atoms with Gasteiger partial charge >= 0.3 is 0 Å². The van der Waals surface area contributed by atoms with Crippen molar-refractivity contribution in [3.8, 4) is 0 Å². The van der Waals surface area contributed by atoms with Crippen LogP contribution in [0.1, 0.15) is 13.8 Å². The summed E-state index contributed by atoms with van der Waals surface area (Å²) < 4.78 is 12.4. The molecule has 0 bridgehead atoms. The zero-order chi connectivity index (χ0) is 10.8. The van der Waals surface area contributed by atoms with Gasteiger partial charge in [0, 0.05) is 0 Å². The third-order valence-corrected chi connectivity index (χ3v) is 1.57. The number of anilines is 1. The van der Waals surface area contributed by atoms with Crippen molar-refractivity contribution in [1.82, 2.24) is 4.98 Å². The summed E-state index contributed by atoms with van der Waals surface area (Å²) in [7, 11) is 0. The fourth-order valence-electron chi connectivity index (χ4n) is 0.742. The van der Waals surface area contributed by atoms with Crippen LogP contribution < -0.4 is 11.1 Å². The third-order valence-electron chi connectivity index (χ3n) is 1.57. The average Bonchev–Trinajstić information content (AvgIpc) is 2.07. The number of nitrogens with one attached hydrogen (secondary N) is 1. The molecule has 14 heavy (non-hydrogen) atoms. The van der Waals surface area contributed by atoms with E-state index in [1.807, 2.05) is 0 Å². The van der Waals surface area contributed by atoms with Crippen molar-refractivity contribution in [3.63, 3.8) is 0 Å². The number of nitrogens with zero attached hydrogens (tertiary/aromatic N) is 1. The quantitative estimate of drug-likeness (QED) is 0.692. The molecule has 0 aliphatic rings. The summed E-state index contributed by atoms with van der Waals surface area (Å²) >= 11 is 0. The Kier molecular flexibility index (Phi) is 2.81. The summed E-state index contributed by atoms with van der Waals surface area (Å²) in [5, 5.41) is 2.52. The Morgan fingerprint density at radius 1 is 1.57 bits per heavy atom. The second-order valence-electron chi connectivity index (χ2n) is 3.55. The van der Waals surface area contributed by atoms with E-state index in [4.69, 9.17) is 5.73 Å². The number of aromatic nitrogens is 1. The summed E-state index contributed by atoms with van der Waals surface area (Å²) in [6.07, 6.45) is 1.24. The molecule has 1 heterocycles. The van der Waals surface area contributed by atoms with Crippen molar-refractivity contribution in [2.75, 3.05) is 5.32 Å². The second kappa shape index (κ2) is 3.71. The Morgan fingerprint density at radius 2 is 2.21 bits per heavy atom. The van der Waals surface area contributed by atoms with E-state index in [0.717, 1.165) is 0 Å². The van der Waals surface area contributed by atoms with Gasteiger partial charge in [-0.3, -0.25) is 4.79 Å². The molecule has 1 rings (SSSR count). The Balaban J connectivity index is 2.71. The van der Waals surface area contributed by atoms with Crippen molar-refractivity contribution < 1.29 is 9.18 Å². The molecule has 3 N–H and O–H groups in total. The van der Waals surface area contributed by atoms with Gasteiger partial charge in [-0.05, 0) is 26.0 Å². The Morgan fingerprint density at radius 3 is 2.64 bits per heavy atom. The Bertz CT molecular complexity index is 329. The largest absolute Gasteiger partial charge is 0.323 e. The van der Waals surface area contributed by atoms with Crippen molar-refractivity contribution >= 4 is 11.6 Å². The molecule has 0 fully saturated rings. The lowest BCUT2D eigenvalue weighted by atomic mass is 10.1. The van der Waals surface area contributed by atoms with Crippen LogP contribution in [-0.2, 0) is 4.79 Å². The first kappa shape index (κ1) is 10.6. The van der Waals surface area contributed by atoms with Crippen molar-refractivity contribution in [3.05, 3.63) is 24.3 Å². The molecule has 0 radical (unpaired) electrons. The minimum Gasteiger partial charge on any atom is -0.323 e. The van der Waals surface area contributed by atoms with Gasteiger partial charge in [-0.1, -0.05) is 0 Å². The number of nitrogens with two attached hydrogens (primary N) is 1. The first-order chi connectivity index (χ1) is 6.39. The molecule has 1 amide bonds. The topological polar surface area (TPSA) is 68.0 Å². The summed E-state index contributed by atoms with van der Waals surface area (Å²) in [6, 6.07) is 2.59. The highest BCUT2D eigenvalue weighted by atomic mass is 19.1. The smallest absolute Gasteiger partial charge is 0.243 e. The Labute approximate surface area is 81.3 Å². The van der Waals surface area contributed by atoms with E-state index in [2.05, 4.69) is 10.3 Å². The lowest BCUT2D eigenvalue weighted by Crippen LogP contribution is -2.45. The van der Waals surface area contributed by atoms with Crippen LogP contribution in [0.25, 0.3) is 0 Å². The number of hydrogen-bond acceptors (Lipinski definition) is 3. The first-order valence-corrected chi connectivity index (χ1v) is 4.11. The fraction of sp³-hybridized carbons (Fsp3) is 0.333. The van der Waals surface area contributed by atoms with Gasteiger partial charge in [-0.25, -0.2) is 4.98 Å². The number of rotatable bonds is 2. The lowest BCUT2D eigenvalue weighted by Gasteiger charge is -2.17. The maximum absolute atomic E-state index is 12.4. The number of carbonyl (C=O) groups excluding carboxylic acids is 1. The molecule has 76 valence electrons. The van der Waals surface area contributed by atoms with Gasteiger partial charge in [0.05, 0.1) is 17.4 Å². The molecule has 4 nitrogen and oxygen atoms in total. The molecular formula is C9H12FN3O. The van der Waals surface area contributed by atoms with Crippen LogP contribution in [0.3, 0.4) is 0 Å². The SMILES string of the molecule is CC(C)(N)C(=O)Nc1ccc(F)nc1. The van der Waals surface area contributed by atoms with Gasteiger partial charge in [-0.2, -0.15) is 4.39 Å². The van der Waals surface area contributed by atoms with E-state index >= 15 is 0 Å². The fourth-order valence-corrected chi connectivity index (χ4v) is 0.742. The van der Waals surface area contributed by atoms with Gasteiger partial charge in [0.15, 0.2) is 0 Å². The number of halogens is 1. The maximum Gasteiger partial charge on any atom is 0.243 e. The predicted molar refractivity (Wildman–Crippen MR) is 51.1 cm³/mol. The third kappa shape index (κ3) is 2.77. The summed E-state index contributed by atoms with van der Waals surface area (Å²) in [5.41, 5.74) is 5.01. The molecule has 0 aliphatic heterocycles. The van der Waals surface area contributed by atoms with E-state index in [1.54, 1.807) is 13.8 Å². The normalized spacial score (nSPS) is 11.1. The van der Waals surface area contributed by atoms with Crippen LogP contribution in [0.15, 0.2) is 18.3 Å². The van der Waals surface area contributed by atoms with Crippen molar-refractivity contribution in [2.45, 2.75) is 19.4 Å². The van der Waals surface area contributed by atoms with Crippen LogP contribution in [0.4, 0.5) is 10.1 Å². The van der Waals surface area contributed by atoms with Crippen LogP contribution in [-0.4, -0.2) is 16.4 Å². The predicted octanol–water partition coefficient (Wildman–Crippen LogP) is 0.896. The van der Waals surface area contributed by atoms with E-state index in [9.17, 15) is 9.18 Å². The van der Waals surface area contributed by atoms with Gasteiger partial charge in [-0.15, -0.1) is 0 Å².